The van der Waals surface area contributed by atoms with E-state index in [1.165, 1.54) is 0 Å². The number of carbonyl (C=O) groups excluding carboxylic acids is 1. The van der Waals surface area contributed by atoms with E-state index in [-0.39, 0.29) is 17.6 Å². The zero-order valence-electron chi connectivity index (χ0n) is 13.8. The molecule has 0 aromatic heterocycles. The first-order valence-electron chi connectivity index (χ1n) is 7.69. The molecule has 0 aliphatic heterocycles. The minimum Gasteiger partial charge on any atom is -0.326 e. The summed E-state index contributed by atoms with van der Waals surface area (Å²) in [7, 11) is -3.59. The number of aryl methyl sites for hydroxylation is 1. The SMILES string of the molecule is Cc1ccccc1C(C)CC(=O)Nc1cccc(CS(N)(=O)=O)c1. The Kier molecular flexibility index (Phi) is 5.75. The zero-order valence-corrected chi connectivity index (χ0v) is 14.6. The monoisotopic (exact) mass is 346 g/mol. The fraction of sp³-hybridized carbons (Fsp3) is 0.278. The Hall–Kier alpha value is -2.18. The van der Waals surface area contributed by atoms with Crippen LogP contribution in [0.4, 0.5) is 5.69 Å². The number of primary sulfonamides is 1. The molecule has 2 aromatic rings. The highest BCUT2D eigenvalue weighted by Crippen LogP contribution is 2.23. The molecule has 0 saturated heterocycles. The normalized spacial score (nSPS) is 12.6. The quantitative estimate of drug-likeness (QED) is 0.843. The van der Waals surface area contributed by atoms with E-state index in [2.05, 4.69) is 5.32 Å². The van der Waals surface area contributed by atoms with E-state index in [1.807, 2.05) is 38.1 Å². The Morgan fingerprint density at radius 3 is 2.54 bits per heavy atom. The summed E-state index contributed by atoms with van der Waals surface area (Å²) in [4.78, 5) is 12.2. The van der Waals surface area contributed by atoms with Crippen LogP contribution in [0, 0.1) is 6.92 Å². The molecule has 1 amide bonds. The van der Waals surface area contributed by atoms with Gasteiger partial charge < -0.3 is 5.32 Å². The molecular weight excluding hydrogens is 324 g/mol. The second kappa shape index (κ2) is 7.59. The Balaban J connectivity index is 2.02. The van der Waals surface area contributed by atoms with E-state index < -0.39 is 10.0 Å². The van der Waals surface area contributed by atoms with Crippen LogP contribution in [0.25, 0.3) is 0 Å². The minimum atomic E-state index is -3.59. The average molecular weight is 346 g/mol. The lowest BCUT2D eigenvalue weighted by molar-refractivity contribution is -0.116. The Morgan fingerprint density at radius 1 is 1.17 bits per heavy atom. The second-order valence-corrected chi connectivity index (χ2v) is 7.63. The van der Waals surface area contributed by atoms with Crippen molar-refractivity contribution in [3.63, 3.8) is 0 Å². The lowest BCUT2D eigenvalue weighted by atomic mass is 9.93. The summed E-state index contributed by atoms with van der Waals surface area (Å²) in [5.41, 5.74) is 3.42. The van der Waals surface area contributed by atoms with Crippen molar-refractivity contribution in [3.8, 4) is 0 Å². The first kappa shape index (κ1) is 18.2. The lowest BCUT2D eigenvalue weighted by Gasteiger charge is -2.14. The second-order valence-electron chi connectivity index (χ2n) is 6.02. The number of anilines is 1. The summed E-state index contributed by atoms with van der Waals surface area (Å²) in [5.74, 6) is -0.270. The van der Waals surface area contributed by atoms with Gasteiger partial charge in [0.25, 0.3) is 0 Å². The van der Waals surface area contributed by atoms with Crippen LogP contribution in [-0.4, -0.2) is 14.3 Å². The molecule has 0 radical (unpaired) electrons. The first-order valence-corrected chi connectivity index (χ1v) is 9.41. The van der Waals surface area contributed by atoms with E-state index in [1.54, 1.807) is 24.3 Å². The average Bonchev–Trinajstić information content (AvgIpc) is 2.45. The zero-order chi connectivity index (χ0) is 17.7. The molecule has 2 aromatic carbocycles. The molecule has 24 heavy (non-hydrogen) atoms. The summed E-state index contributed by atoms with van der Waals surface area (Å²) >= 11 is 0. The van der Waals surface area contributed by atoms with Gasteiger partial charge in [0.15, 0.2) is 0 Å². The largest absolute Gasteiger partial charge is 0.326 e. The van der Waals surface area contributed by atoms with Crippen LogP contribution in [0.2, 0.25) is 0 Å². The van der Waals surface area contributed by atoms with Gasteiger partial charge in [-0.2, -0.15) is 0 Å². The number of hydrogen-bond acceptors (Lipinski definition) is 3. The highest BCUT2D eigenvalue weighted by molar-refractivity contribution is 7.88. The molecule has 0 heterocycles. The molecule has 0 spiro atoms. The third kappa shape index (κ3) is 5.47. The van der Waals surface area contributed by atoms with E-state index in [0.29, 0.717) is 17.7 Å². The van der Waals surface area contributed by atoms with Crippen LogP contribution in [-0.2, 0) is 20.6 Å². The van der Waals surface area contributed by atoms with Crippen LogP contribution in [0.3, 0.4) is 0 Å². The standard InChI is InChI=1S/C18H22N2O3S/c1-13-6-3-4-9-17(13)14(2)10-18(21)20-16-8-5-7-15(11-16)12-24(19,22)23/h3-9,11,14H,10,12H2,1-2H3,(H,20,21)(H2,19,22,23). The van der Waals surface area contributed by atoms with Crippen molar-refractivity contribution in [1.29, 1.82) is 0 Å². The van der Waals surface area contributed by atoms with Gasteiger partial charge in [-0.05, 0) is 41.7 Å². The maximum absolute atomic E-state index is 12.2. The van der Waals surface area contributed by atoms with Gasteiger partial charge in [0.05, 0.1) is 5.75 Å². The summed E-state index contributed by atoms with van der Waals surface area (Å²) in [6.45, 7) is 4.04. The molecule has 0 aliphatic carbocycles. The van der Waals surface area contributed by atoms with Crippen molar-refractivity contribution in [2.45, 2.75) is 31.9 Å². The maximum atomic E-state index is 12.2. The molecule has 0 fully saturated rings. The van der Waals surface area contributed by atoms with Gasteiger partial charge in [-0.15, -0.1) is 0 Å². The van der Waals surface area contributed by atoms with Crippen molar-refractivity contribution < 1.29 is 13.2 Å². The van der Waals surface area contributed by atoms with Crippen LogP contribution < -0.4 is 10.5 Å². The number of amides is 1. The number of benzene rings is 2. The number of carbonyl (C=O) groups is 1. The Morgan fingerprint density at radius 2 is 1.88 bits per heavy atom. The maximum Gasteiger partial charge on any atom is 0.224 e. The molecule has 128 valence electrons. The van der Waals surface area contributed by atoms with Gasteiger partial charge >= 0.3 is 0 Å². The number of sulfonamides is 1. The van der Waals surface area contributed by atoms with Crippen LogP contribution in [0.5, 0.6) is 0 Å². The van der Waals surface area contributed by atoms with Crippen molar-refractivity contribution in [2.24, 2.45) is 5.14 Å². The molecular formula is C18H22N2O3S. The Labute approximate surface area is 142 Å². The smallest absolute Gasteiger partial charge is 0.224 e. The summed E-state index contributed by atoms with van der Waals surface area (Å²) in [6, 6.07) is 14.7. The number of nitrogens with two attached hydrogens (primary N) is 1. The van der Waals surface area contributed by atoms with Crippen LogP contribution in [0.1, 0.15) is 36.0 Å². The molecule has 2 rings (SSSR count). The van der Waals surface area contributed by atoms with Crippen LogP contribution in [0.15, 0.2) is 48.5 Å². The fourth-order valence-corrected chi connectivity index (χ4v) is 3.36. The van der Waals surface area contributed by atoms with Gasteiger partial charge in [0.1, 0.15) is 0 Å². The van der Waals surface area contributed by atoms with Crippen molar-refractivity contribution >= 4 is 21.6 Å². The summed E-state index contributed by atoms with van der Waals surface area (Å²) in [6.07, 6.45) is 0.351. The van der Waals surface area contributed by atoms with Gasteiger partial charge in [-0.3, -0.25) is 4.79 Å². The fourth-order valence-electron chi connectivity index (χ4n) is 2.71. The van der Waals surface area contributed by atoms with E-state index in [0.717, 1.165) is 11.1 Å². The van der Waals surface area contributed by atoms with Gasteiger partial charge in [-0.25, -0.2) is 13.6 Å². The highest BCUT2D eigenvalue weighted by atomic mass is 32.2. The van der Waals surface area contributed by atoms with Gasteiger partial charge in [0, 0.05) is 12.1 Å². The van der Waals surface area contributed by atoms with Gasteiger partial charge in [0.2, 0.25) is 15.9 Å². The molecule has 5 nitrogen and oxygen atoms in total. The third-order valence-electron chi connectivity index (χ3n) is 3.79. The minimum absolute atomic E-state index is 0.0961. The third-order valence-corrected chi connectivity index (χ3v) is 4.53. The molecule has 1 atom stereocenters. The molecule has 3 N–H and O–H groups in total. The first-order chi connectivity index (χ1) is 11.2. The Bertz CT molecular complexity index is 832. The van der Waals surface area contributed by atoms with Crippen molar-refractivity contribution in [2.75, 3.05) is 5.32 Å². The molecule has 6 heteroatoms. The van der Waals surface area contributed by atoms with E-state index in [4.69, 9.17) is 5.14 Å². The van der Waals surface area contributed by atoms with Gasteiger partial charge in [-0.1, -0.05) is 43.3 Å². The molecule has 0 aliphatic rings. The van der Waals surface area contributed by atoms with E-state index in [9.17, 15) is 13.2 Å². The molecule has 0 saturated carbocycles. The highest BCUT2D eigenvalue weighted by Gasteiger charge is 2.13. The topological polar surface area (TPSA) is 89.3 Å². The summed E-state index contributed by atoms with van der Waals surface area (Å²) < 4.78 is 22.3. The van der Waals surface area contributed by atoms with Crippen molar-refractivity contribution in [3.05, 3.63) is 65.2 Å². The number of hydrogen-bond donors (Lipinski definition) is 2. The summed E-state index contributed by atoms with van der Waals surface area (Å²) in [5, 5.41) is 7.86. The van der Waals surface area contributed by atoms with Crippen molar-refractivity contribution in [1.82, 2.24) is 0 Å². The van der Waals surface area contributed by atoms with E-state index >= 15 is 0 Å². The molecule has 1 unspecified atom stereocenters. The predicted molar refractivity (Wildman–Crippen MR) is 96.1 cm³/mol. The van der Waals surface area contributed by atoms with Crippen LogP contribution >= 0.6 is 0 Å². The molecule has 0 bridgehead atoms. The number of nitrogens with one attached hydrogen (secondary N) is 1. The lowest BCUT2D eigenvalue weighted by Crippen LogP contribution is -2.16. The number of rotatable bonds is 6. The predicted octanol–water partition coefficient (Wildman–Crippen LogP) is 2.92.